The van der Waals surface area contributed by atoms with Crippen LogP contribution in [0.1, 0.15) is 13.8 Å². The topological polar surface area (TPSA) is 23.6 Å². The summed E-state index contributed by atoms with van der Waals surface area (Å²) >= 11 is 0. The second-order valence-corrected chi connectivity index (χ2v) is 5.82. The third-order valence-corrected chi connectivity index (χ3v) is 4.01. The van der Waals surface area contributed by atoms with Crippen molar-refractivity contribution in [3.8, 4) is 0 Å². The van der Waals surface area contributed by atoms with Crippen molar-refractivity contribution in [2.75, 3.05) is 26.8 Å². The fourth-order valence-corrected chi connectivity index (χ4v) is 2.39. The van der Waals surface area contributed by atoms with E-state index in [1.807, 2.05) is 6.92 Å². The van der Waals surface area contributed by atoms with E-state index in [2.05, 4.69) is 6.58 Å². The van der Waals surface area contributed by atoms with Crippen LogP contribution in [-0.2, 0) is 4.79 Å². The number of amides is 1. The van der Waals surface area contributed by atoms with Crippen LogP contribution in [0.15, 0.2) is 36.9 Å². The van der Waals surface area contributed by atoms with Gasteiger partial charge < -0.3 is 4.90 Å². The Morgan fingerprint density at radius 1 is 1.39 bits per heavy atom. The van der Waals surface area contributed by atoms with Crippen LogP contribution in [0.4, 0.5) is 13.2 Å². The monoisotopic (exact) mass is 328 g/mol. The maximum absolute atomic E-state index is 13.0. The van der Waals surface area contributed by atoms with Crippen molar-refractivity contribution in [3.63, 3.8) is 0 Å². The van der Waals surface area contributed by atoms with Gasteiger partial charge in [0.25, 0.3) is 0 Å². The second-order valence-electron chi connectivity index (χ2n) is 5.82. The number of alkyl halides is 1. The lowest BCUT2D eigenvalue weighted by molar-refractivity contribution is -0.153. The molecule has 0 aliphatic carbocycles. The molecule has 1 fully saturated rings. The molecule has 2 rings (SSSR count). The van der Waals surface area contributed by atoms with Crippen LogP contribution in [0.25, 0.3) is 0 Å². The average Bonchev–Trinajstić information content (AvgIpc) is 2.50. The van der Waals surface area contributed by atoms with E-state index in [0.717, 1.165) is 6.07 Å². The first kappa shape index (κ1) is 19.2. The van der Waals surface area contributed by atoms with Gasteiger partial charge in [0.15, 0.2) is 0 Å². The van der Waals surface area contributed by atoms with Gasteiger partial charge in [-0.3, -0.25) is 9.69 Å². The number of likely N-dealkylation sites (N-methyl/N-ethyl adjacent to an activating group) is 1. The summed E-state index contributed by atoms with van der Waals surface area (Å²) in [6, 6.07) is 4.66. The molecule has 3 nitrogen and oxygen atoms in total. The lowest BCUT2D eigenvalue weighted by Gasteiger charge is -2.47. The van der Waals surface area contributed by atoms with Gasteiger partial charge in [-0.25, -0.2) is 13.2 Å². The maximum Gasteiger partial charge on any atom is 0.246 e. The molecule has 0 saturated carbocycles. The van der Waals surface area contributed by atoms with Gasteiger partial charge in [0.05, 0.1) is 0 Å². The van der Waals surface area contributed by atoms with Crippen LogP contribution >= 0.6 is 0 Å². The van der Waals surface area contributed by atoms with Crippen molar-refractivity contribution in [3.05, 3.63) is 48.6 Å². The molecule has 1 aliphatic rings. The van der Waals surface area contributed by atoms with Crippen LogP contribution in [0.5, 0.6) is 0 Å². The van der Waals surface area contributed by atoms with Crippen molar-refractivity contribution >= 4 is 5.91 Å². The van der Waals surface area contributed by atoms with Crippen LogP contribution in [0, 0.1) is 11.6 Å². The highest BCUT2D eigenvalue weighted by molar-refractivity contribution is 5.87. The van der Waals surface area contributed by atoms with Crippen LogP contribution in [0.2, 0.25) is 0 Å². The summed E-state index contributed by atoms with van der Waals surface area (Å²) in [4.78, 5) is 15.6. The average molecular weight is 328 g/mol. The molecule has 128 valence electrons. The van der Waals surface area contributed by atoms with E-state index in [0.29, 0.717) is 13.1 Å². The summed E-state index contributed by atoms with van der Waals surface area (Å²) in [6.07, 6.45) is 1.68. The van der Waals surface area contributed by atoms with E-state index in [1.165, 1.54) is 18.2 Å². The second kappa shape index (κ2) is 8.15. The van der Waals surface area contributed by atoms with Crippen molar-refractivity contribution in [2.24, 2.45) is 0 Å². The summed E-state index contributed by atoms with van der Waals surface area (Å²) in [5, 5.41) is 0. The Hall–Kier alpha value is -1.82. The van der Waals surface area contributed by atoms with Gasteiger partial charge in [-0.05, 0) is 33.0 Å². The highest BCUT2D eigenvalue weighted by atomic mass is 19.1. The molecule has 6 heteroatoms. The number of hydrogen-bond acceptors (Lipinski definition) is 2. The Kier molecular flexibility index (Phi) is 6.81. The van der Waals surface area contributed by atoms with E-state index in [-0.39, 0.29) is 11.9 Å². The van der Waals surface area contributed by atoms with Gasteiger partial charge in [-0.2, -0.15) is 0 Å². The van der Waals surface area contributed by atoms with E-state index in [4.69, 9.17) is 0 Å². The summed E-state index contributed by atoms with van der Waals surface area (Å²) in [6.45, 7) is 7.77. The zero-order valence-electron chi connectivity index (χ0n) is 13.7. The smallest absolute Gasteiger partial charge is 0.246 e. The van der Waals surface area contributed by atoms with Crippen molar-refractivity contribution in [1.29, 1.82) is 0 Å². The van der Waals surface area contributed by atoms with Crippen LogP contribution < -0.4 is 0 Å². The SMILES string of the molecule is C=CCN1C(=O)[C@](C)(CF)N(C)C[C@@H]1C.Fc1cccc(F)c1. The van der Waals surface area contributed by atoms with Gasteiger partial charge in [0, 0.05) is 25.2 Å². The normalized spacial score (nSPS) is 24.9. The first-order chi connectivity index (χ1) is 10.8. The van der Waals surface area contributed by atoms with Gasteiger partial charge in [0.2, 0.25) is 5.91 Å². The molecule has 1 amide bonds. The molecular formula is C17H23F3N2O. The van der Waals surface area contributed by atoms with Gasteiger partial charge in [0.1, 0.15) is 23.8 Å². The Bertz CT molecular complexity index is 535. The Balaban J connectivity index is 0.000000277. The van der Waals surface area contributed by atoms with Crippen molar-refractivity contribution in [2.45, 2.75) is 25.4 Å². The maximum atomic E-state index is 13.0. The predicted molar refractivity (Wildman–Crippen MR) is 84.7 cm³/mol. The molecule has 0 bridgehead atoms. The molecule has 2 atom stereocenters. The number of rotatable bonds is 3. The molecule has 1 heterocycles. The molecular weight excluding hydrogens is 305 g/mol. The number of halogens is 3. The Morgan fingerprint density at radius 2 is 1.96 bits per heavy atom. The van der Waals surface area contributed by atoms with Gasteiger partial charge in [-0.15, -0.1) is 6.58 Å². The van der Waals surface area contributed by atoms with E-state index in [1.54, 1.807) is 29.8 Å². The lowest BCUT2D eigenvalue weighted by Crippen LogP contribution is -2.67. The highest BCUT2D eigenvalue weighted by Crippen LogP contribution is 2.25. The molecule has 0 radical (unpaired) electrons. The molecule has 0 unspecified atom stereocenters. The minimum Gasteiger partial charge on any atom is -0.333 e. The van der Waals surface area contributed by atoms with E-state index in [9.17, 15) is 18.0 Å². The fraction of sp³-hybridized carbons (Fsp3) is 0.471. The summed E-state index contributed by atoms with van der Waals surface area (Å²) in [5.74, 6) is -1.22. The van der Waals surface area contributed by atoms with Crippen LogP contribution in [-0.4, -0.2) is 54.1 Å². The van der Waals surface area contributed by atoms with E-state index >= 15 is 0 Å². The third kappa shape index (κ3) is 4.58. The first-order valence-electron chi connectivity index (χ1n) is 7.36. The molecule has 0 N–H and O–H groups in total. The first-order valence-corrected chi connectivity index (χ1v) is 7.36. The minimum absolute atomic E-state index is 0.111. The summed E-state index contributed by atoms with van der Waals surface area (Å²) in [5.41, 5.74) is -1.00. The molecule has 0 spiro atoms. The molecule has 1 aliphatic heterocycles. The quantitative estimate of drug-likeness (QED) is 0.796. The van der Waals surface area contributed by atoms with Gasteiger partial charge >= 0.3 is 0 Å². The van der Waals surface area contributed by atoms with Crippen molar-refractivity contribution in [1.82, 2.24) is 9.80 Å². The highest BCUT2D eigenvalue weighted by Gasteiger charge is 2.46. The van der Waals surface area contributed by atoms with Crippen LogP contribution in [0.3, 0.4) is 0 Å². The minimum atomic E-state index is -1.00. The zero-order chi connectivity index (χ0) is 17.6. The molecule has 23 heavy (non-hydrogen) atoms. The molecule has 0 aromatic heterocycles. The number of nitrogens with zero attached hydrogens (tertiary/aromatic N) is 2. The van der Waals surface area contributed by atoms with E-state index < -0.39 is 23.8 Å². The molecule has 1 saturated heterocycles. The number of carbonyl (C=O) groups excluding carboxylic acids is 1. The lowest BCUT2D eigenvalue weighted by atomic mass is 9.94. The number of benzene rings is 1. The predicted octanol–water partition coefficient (Wildman–Crippen LogP) is 3.03. The van der Waals surface area contributed by atoms with Gasteiger partial charge in [-0.1, -0.05) is 12.1 Å². The number of piperazine rings is 1. The number of hydrogen-bond donors (Lipinski definition) is 0. The summed E-state index contributed by atoms with van der Waals surface area (Å²) in [7, 11) is 1.79. The molecule has 1 aromatic carbocycles. The molecule has 1 aromatic rings. The standard InChI is InChI=1S/C11H19FN2O.C6H4F2/c1-5-6-14-9(2)7-13(4)11(3,8-12)10(14)15;7-5-2-1-3-6(8)4-5/h5,9H,1,6-8H2,2-4H3;1-4H/t9-,11-;/m0./s1. The zero-order valence-corrected chi connectivity index (χ0v) is 13.7. The Labute approximate surface area is 135 Å². The largest absolute Gasteiger partial charge is 0.333 e. The number of carbonyl (C=O) groups is 1. The van der Waals surface area contributed by atoms with Crippen molar-refractivity contribution < 1.29 is 18.0 Å². The Morgan fingerprint density at radius 3 is 2.35 bits per heavy atom. The fourth-order valence-electron chi connectivity index (χ4n) is 2.39. The third-order valence-electron chi connectivity index (χ3n) is 4.01. The summed E-state index contributed by atoms with van der Waals surface area (Å²) < 4.78 is 36.8.